The van der Waals surface area contributed by atoms with Gasteiger partial charge < -0.3 is 5.32 Å². The molecule has 4 aromatic rings. The minimum atomic E-state index is -0.876. The fraction of sp³-hybridized carbons (Fsp3) is 0.286. The van der Waals surface area contributed by atoms with Gasteiger partial charge in [0, 0.05) is 29.7 Å². The van der Waals surface area contributed by atoms with E-state index in [1.807, 2.05) is 61.5 Å². The number of aromatic nitrogens is 5. The van der Waals surface area contributed by atoms with E-state index in [1.165, 1.54) is 9.70 Å². The number of nitrogens with one attached hydrogen (secondary N) is 1. The van der Waals surface area contributed by atoms with Crippen LogP contribution in [0.3, 0.4) is 0 Å². The van der Waals surface area contributed by atoms with E-state index in [1.54, 1.807) is 24.5 Å². The number of nitrogens with zero attached hydrogens (tertiary/aromatic N) is 6. The minimum Gasteiger partial charge on any atom is -0.351 e. The number of carbonyl (C=O) groups is 2. The zero-order valence-corrected chi connectivity index (χ0v) is 20.7. The molecule has 2 heterocycles. The maximum absolute atomic E-state index is 13.9. The van der Waals surface area contributed by atoms with Crippen LogP contribution in [-0.4, -0.2) is 43.0 Å². The van der Waals surface area contributed by atoms with E-state index < -0.39 is 6.04 Å². The summed E-state index contributed by atoms with van der Waals surface area (Å²) >= 11 is 0. The van der Waals surface area contributed by atoms with Gasteiger partial charge >= 0.3 is 0 Å². The molecular formula is C28H29N7O2. The summed E-state index contributed by atoms with van der Waals surface area (Å²) in [6, 6.07) is 19.8. The maximum atomic E-state index is 13.9. The van der Waals surface area contributed by atoms with Crippen LogP contribution in [0.2, 0.25) is 0 Å². The molecule has 0 saturated heterocycles. The van der Waals surface area contributed by atoms with Crippen LogP contribution >= 0.6 is 0 Å². The van der Waals surface area contributed by atoms with E-state index in [0.717, 1.165) is 36.8 Å². The standard InChI is InChI=1S/C28H29N7O2/c1-20-11-13-22(14-12-20)27-31-33-34(32-27)19-25(36)35(24-9-3-2-4-10-24)26(21-15-17-29-18-16-21)28(37)30-23-7-5-6-8-23/h2-4,9-18,23,26H,5-8,19H2,1H3,(H,30,37)/t26-/m1/s1. The molecule has 1 N–H and O–H groups in total. The van der Waals surface area contributed by atoms with Gasteiger partial charge in [-0.05, 0) is 54.8 Å². The lowest BCUT2D eigenvalue weighted by Crippen LogP contribution is -2.47. The Hall–Kier alpha value is -4.40. The average Bonchev–Trinajstić information content (AvgIpc) is 3.61. The lowest BCUT2D eigenvalue weighted by atomic mass is 10.0. The van der Waals surface area contributed by atoms with E-state index in [9.17, 15) is 9.59 Å². The monoisotopic (exact) mass is 495 g/mol. The molecule has 2 aromatic heterocycles. The van der Waals surface area contributed by atoms with Gasteiger partial charge in [0.1, 0.15) is 12.6 Å². The molecule has 1 aliphatic carbocycles. The van der Waals surface area contributed by atoms with Gasteiger partial charge in [-0.1, -0.05) is 60.9 Å². The molecule has 188 valence electrons. The van der Waals surface area contributed by atoms with E-state index in [2.05, 4.69) is 25.7 Å². The van der Waals surface area contributed by atoms with Crippen molar-refractivity contribution in [2.45, 2.75) is 51.2 Å². The van der Waals surface area contributed by atoms with Crippen molar-refractivity contribution in [3.05, 3.63) is 90.3 Å². The van der Waals surface area contributed by atoms with E-state index in [4.69, 9.17) is 0 Å². The number of rotatable bonds is 8. The van der Waals surface area contributed by atoms with Crippen molar-refractivity contribution in [2.75, 3.05) is 4.90 Å². The van der Waals surface area contributed by atoms with Gasteiger partial charge in [-0.3, -0.25) is 19.5 Å². The van der Waals surface area contributed by atoms with Crippen molar-refractivity contribution in [1.82, 2.24) is 30.5 Å². The number of hydrogen-bond donors (Lipinski definition) is 1. The molecule has 2 amide bonds. The summed E-state index contributed by atoms with van der Waals surface area (Å²) in [5.41, 5.74) is 3.22. The van der Waals surface area contributed by atoms with Crippen LogP contribution in [0.1, 0.15) is 42.9 Å². The van der Waals surface area contributed by atoms with Gasteiger partial charge in [-0.15, -0.1) is 10.2 Å². The topological polar surface area (TPSA) is 106 Å². The third kappa shape index (κ3) is 5.72. The molecule has 2 aromatic carbocycles. The Morgan fingerprint density at radius 3 is 2.41 bits per heavy atom. The highest BCUT2D eigenvalue weighted by Gasteiger charge is 2.34. The average molecular weight is 496 g/mol. The first-order chi connectivity index (χ1) is 18.1. The lowest BCUT2D eigenvalue weighted by Gasteiger charge is -2.32. The summed E-state index contributed by atoms with van der Waals surface area (Å²) in [5, 5.41) is 15.8. The molecule has 1 fully saturated rings. The molecule has 37 heavy (non-hydrogen) atoms. The van der Waals surface area contributed by atoms with Gasteiger partial charge in [0.25, 0.3) is 5.91 Å². The largest absolute Gasteiger partial charge is 0.351 e. The quantitative estimate of drug-likeness (QED) is 0.398. The van der Waals surface area contributed by atoms with E-state index in [0.29, 0.717) is 17.1 Å². The summed E-state index contributed by atoms with van der Waals surface area (Å²) in [5.74, 6) is -0.117. The molecule has 0 spiro atoms. The summed E-state index contributed by atoms with van der Waals surface area (Å²) in [6.07, 6.45) is 7.33. The number of aryl methyl sites for hydroxylation is 1. The molecular weight excluding hydrogens is 466 g/mol. The Kier molecular flexibility index (Phi) is 7.30. The van der Waals surface area contributed by atoms with Crippen molar-refractivity contribution >= 4 is 17.5 Å². The number of benzene rings is 2. The van der Waals surface area contributed by atoms with Crippen molar-refractivity contribution in [1.29, 1.82) is 0 Å². The Bertz CT molecular complexity index is 1330. The van der Waals surface area contributed by atoms with Gasteiger partial charge in [0.15, 0.2) is 0 Å². The number of amides is 2. The third-order valence-electron chi connectivity index (χ3n) is 6.57. The number of pyridine rings is 1. The SMILES string of the molecule is Cc1ccc(-c2nnn(CC(=O)N(c3ccccc3)[C@@H](C(=O)NC3CCCC3)c3ccncc3)n2)cc1. The summed E-state index contributed by atoms with van der Waals surface area (Å²) < 4.78 is 0. The molecule has 1 aliphatic rings. The Balaban J connectivity index is 1.46. The summed E-state index contributed by atoms with van der Waals surface area (Å²) in [6.45, 7) is 1.83. The van der Waals surface area contributed by atoms with Gasteiger partial charge in [-0.25, -0.2) is 0 Å². The zero-order valence-electron chi connectivity index (χ0n) is 20.7. The highest BCUT2D eigenvalue weighted by atomic mass is 16.2. The predicted octanol–water partition coefficient (Wildman–Crippen LogP) is 3.88. The first kappa shape index (κ1) is 24.3. The summed E-state index contributed by atoms with van der Waals surface area (Å²) in [7, 11) is 0. The zero-order chi connectivity index (χ0) is 25.6. The highest BCUT2D eigenvalue weighted by Crippen LogP contribution is 2.29. The van der Waals surface area contributed by atoms with E-state index >= 15 is 0 Å². The van der Waals surface area contributed by atoms with Crippen molar-refractivity contribution < 1.29 is 9.59 Å². The van der Waals surface area contributed by atoms with Crippen LogP contribution in [-0.2, 0) is 16.1 Å². The normalized spacial score (nSPS) is 14.3. The first-order valence-electron chi connectivity index (χ1n) is 12.5. The molecule has 0 aliphatic heterocycles. The molecule has 5 rings (SSSR count). The first-order valence-corrected chi connectivity index (χ1v) is 12.5. The molecule has 0 unspecified atom stereocenters. The van der Waals surface area contributed by atoms with Gasteiger partial charge in [0.2, 0.25) is 11.7 Å². The van der Waals surface area contributed by atoms with Crippen molar-refractivity contribution in [3.8, 4) is 11.4 Å². The van der Waals surface area contributed by atoms with Crippen LogP contribution in [0.5, 0.6) is 0 Å². The number of carbonyl (C=O) groups excluding carboxylic acids is 2. The second-order valence-corrected chi connectivity index (χ2v) is 9.28. The number of anilines is 1. The van der Waals surface area contributed by atoms with E-state index in [-0.39, 0.29) is 24.4 Å². The Morgan fingerprint density at radius 2 is 1.70 bits per heavy atom. The lowest BCUT2D eigenvalue weighted by molar-refractivity contribution is -0.127. The van der Waals surface area contributed by atoms with Gasteiger partial charge in [-0.2, -0.15) is 4.80 Å². The second kappa shape index (κ2) is 11.1. The molecule has 0 bridgehead atoms. The fourth-order valence-electron chi connectivity index (χ4n) is 4.66. The van der Waals surface area contributed by atoms with Crippen LogP contribution in [0.15, 0.2) is 79.1 Å². The Morgan fingerprint density at radius 1 is 1.00 bits per heavy atom. The van der Waals surface area contributed by atoms with Crippen LogP contribution in [0, 0.1) is 6.92 Å². The third-order valence-corrected chi connectivity index (χ3v) is 6.57. The van der Waals surface area contributed by atoms with Crippen molar-refractivity contribution in [2.24, 2.45) is 0 Å². The summed E-state index contributed by atoms with van der Waals surface area (Å²) in [4.78, 5) is 34.5. The second-order valence-electron chi connectivity index (χ2n) is 9.28. The fourth-order valence-corrected chi connectivity index (χ4v) is 4.66. The number of hydrogen-bond acceptors (Lipinski definition) is 6. The minimum absolute atomic E-state index is 0.110. The molecule has 9 nitrogen and oxygen atoms in total. The molecule has 1 saturated carbocycles. The smallest absolute Gasteiger partial charge is 0.251 e. The predicted molar refractivity (Wildman–Crippen MR) is 139 cm³/mol. The Labute approximate surface area is 215 Å². The number of tetrazole rings is 1. The number of para-hydroxylation sites is 1. The highest BCUT2D eigenvalue weighted by molar-refractivity contribution is 6.01. The molecule has 1 atom stereocenters. The molecule has 0 radical (unpaired) electrons. The van der Waals surface area contributed by atoms with Gasteiger partial charge in [0.05, 0.1) is 0 Å². The van der Waals surface area contributed by atoms with Crippen LogP contribution < -0.4 is 10.2 Å². The van der Waals surface area contributed by atoms with Crippen molar-refractivity contribution in [3.63, 3.8) is 0 Å². The maximum Gasteiger partial charge on any atom is 0.251 e. The van der Waals surface area contributed by atoms with Crippen LogP contribution in [0.25, 0.3) is 11.4 Å². The van der Waals surface area contributed by atoms with Crippen LogP contribution in [0.4, 0.5) is 5.69 Å². The molecule has 9 heteroatoms.